The van der Waals surface area contributed by atoms with Crippen molar-refractivity contribution in [3.8, 4) is 0 Å². The van der Waals surface area contributed by atoms with Crippen LogP contribution in [0.2, 0.25) is 0 Å². The van der Waals surface area contributed by atoms with Crippen molar-refractivity contribution in [1.82, 2.24) is 10.4 Å². The third-order valence-electron chi connectivity index (χ3n) is 5.91. The number of nitrogens with zero attached hydrogens (tertiary/aromatic N) is 1. The molecule has 34 heavy (non-hydrogen) atoms. The van der Waals surface area contributed by atoms with Gasteiger partial charge in [-0.3, -0.25) is 16.1 Å². The molecule has 7 nitrogen and oxygen atoms in total. The van der Waals surface area contributed by atoms with Crippen LogP contribution in [0.1, 0.15) is 142 Å². The maximum atomic E-state index is 12.2. The van der Waals surface area contributed by atoms with Gasteiger partial charge in [0, 0.05) is 6.42 Å². The van der Waals surface area contributed by atoms with Gasteiger partial charge in [-0.2, -0.15) is 5.06 Å². The average molecular weight is 508 g/mol. The molecule has 0 heterocycles. The Bertz CT molecular complexity index is 506. The van der Waals surface area contributed by atoms with Crippen LogP contribution in [0.25, 0.3) is 0 Å². The summed E-state index contributed by atoms with van der Waals surface area (Å²) in [5.74, 6) is -0.823. The Morgan fingerprint density at radius 3 is 1.50 bits per heavy atom. The molecule has 0 amide bonds. The van der Waals surface area contributed by atoms with E-state index < -0.39 is 0 Å². The van der Waals surface area contributed by atoms with Crippen molar-refractivity contribution in [2.45, 2.75) is 142 Å². The number of nitrogens with two attached hydrogens (primary N) is 1. The molecule has 0 aliphatic rings. The van der Waals surface area contributed by atoms with Gasteiger partial charge in [0.1, 0.15) is 0 Å². The molecule has 0 radical (unpaired) electrons. The van der Waals surface area contributed by atoms with E-state index >= 15 is 0 Å². The normalized spacial score (nSPS) is 10.4. The molecule has 0 aliphatic carbocycles. The van der Waals surface area contributed by atoms with Crippen LogP contribution in [0.5, 0.6) is 0 Å². The fraction of sp³-hybridized carbons (Fsp3) is 0.885. The number of carbonyl (C=O) groups excluding carboxylic acids is 1. The third kappa shape index (κ3) is 25.0. The van der Waals surface area contributed by atoms with E-state index in [2.05, 4.69) is 19.2 Å². The predicted octanol–water partition coefficient (Wildman–Crippen LogP) is 6.36. The first-order chi connectivity index (χ1) is 16.0. The molecule has 0 aromatic rings. The molecule has 8 heteroatoms. The third-order valence-corrected chi connectivity index (χ3v) is 5.91. The van der Waals surface area contributed by atoms with Crippen molar-refractivity contribution < 1.29 is 9.63 Å². The topological polar surface area (TPSA) is 115 Å². The van der Waals surface area contributed by atoms with Gasteiger partial charge in [-0.15, -0.1) is 0 Å². The second-order valence-corrected chi connectivity index (χ2v) is 9.21. The number of rotatable bonds is 21. The van der Waals surface area contributed by atoms with Gasteiger partial charge >= 0.3 is 57.4 Å². The molecule has 196 valence electrons. The number of hydroxylamine groups is 2. The van der Waals surface area contributed by atoms with Crippen LogP contribution in [0, 0.1) is 10.8 Å². The van der Waals surface area contributed by atoms with Crippen LogP contribution >= 0.6 is 0 Å². The van der Waals surface area contributed by atoms with Crippen molar-refractivity contribution in [1.29, 1.82) is 10.8 Å². The van der Waals surface area contributed by atoms with E-state index in [1.54, 1.807) is 0 Å². The fourth-order valence-corrected chi connectivity index (χ4v) is 3.88. The summed E-state index contributed by atoms with van der Waals surface area (Å²) in [5, 5.41) is 18.9. The number of guanidine groups is 2. The Labute approximate surface area is 252 Å². The molecule has 0 bridgehead atoms. The van der Waals surface area contributed by atoms with Gasteiger partial charge in [0.25, 0.3) is 0 Å². The van der Waals surface area contributed by atoms with Crippen LogP contribution in [-0.2, 0) is 9.63 Å². The Hall–Kier alpha value is -0.154. The Morgan fingerprint density at radius 2 is 1.09 bits per heavy atom. The van der Waals surface area contributed by atoms with Crippen LogP contribution in [-0.4, -0.2) is 80.9 Å². The molecule has 0 saturated carbocycles. The molecule has 0 aromatic carbocycles. The Morgan fingerprint density at radius 1 is 0.706 bits per heavy atom. The molecule has 0 fully saturated rings. The molecule has 0 saturated heterocycles. The number of nitrogens with one attached hydrogen (secondary N) is 3. The summed E-state index contributed by atoms with van der Waals surface area (Å²) in [7, 11) is 0. The Balaban J connectivity index is 0. The second-order valence-electron chi connectivity index (χ2n) is 9.21. The average Bonchev–Trinajstić information content (AvgIpc) is 2.78. The molecule has 0 spiro atoms. The first kappa shape index (κ1) is 36.0. The zero-order valence-electron chi connectivity index (χ0n) is 21.7. The zero-order chi connectivity index (χ0) is 24.6. The molecule has 0 rings (SSSR count). The summed E-state index contributed by atoms with van der Waals surface area (Å²) in [6, 6.07) is 0. The minimum absolute atomic E-state index is 0. The summed E-state index contributed by atoms with van der Waals surface area (Å²) in [6.07, 6.45) is 23.8. The molecule has 0 atom stereocenters. The van der Waals surface area contributed by atoms with Gasteiger partial charge in [0.15, 0.2) is 5.96 Å². The fourth-order valence-electron chi connectivity index (χ4n) is 3.88. The minimum atomic E-state index is -0.336. The van der Waals surface area contributed by atoms with Crippen molar-refractivity contribution in [2.24, 2.45) is 5.73 Å². The molecule has 0 aliphatic heterocycles. The Kier molecular flexibility index (Phi) is 29.1. The van der Waals surface area contributed by atoms with Gasteiger partial charge in [-0.1, -0.05) is 123 Å². The summed E-state index contributed by atoms with van der Waals surface area (Å²) in [5.41, 5.74) is 5.30. The summed E-state index contributed by atoms with van der Waals surface area (Å²) < 4.78 is 0. The molecule has 0 aromatic heterocycles. The van der Waals surface area contributed by atoms with Gasteiger partial charge in [0.05, 0.1) is 6.54 Å². The monoisotopic (exact) mass is 507 g/mol. The number of unbranched alkanes of at least 4 members (excludes halogenated alkanes) is 17. The maximum absolute atomic E-state index is 12.2. The summed E-state index contributed by atoms with van der Waals surface area (Å²) >= 11 is 0. The summed E-state index contributed by atoms with van der Waals surface area (Å²) in [6.45, 7) is 4.83. The molecule has 5 N–H and O–H groups in total. The molecular weight excluding hydrogens is 453 g/mol. The van der Waals surface area contributed by atoms with Crippen LogP contribution in [0.4, 0.5) is 0 Å². The van der Waals surface area contributed by atoms with Crippen LogP contribution < -0.4 is 11.1 Å². The molecule has 0 unspecified atom stereocenters. The van der Waals surface area contributed by atoms with Crippen molar-refractivity contribution >= 4 is 69.3 Å². The van der Waals surface area contributed by atoms with E-state index in [9.17, 15) is 4.79 Å². The standard InChI is InChI=1S/C26H53N5O2.K.H/c1-3-5-7-9-10-11-12-13-14-15-16-17-18-19-20-22-24(32)33-31(23-21-8-6-4-2)26(29)30-25(27)28;;/h3-23H2,1-2H3,(H5,27,28,29,30);;. The van der Waals surface area contributed by atoms with Gasteiger partial charge in [0.2, 0.25) is 5.96 Å². The summed E-state index contributed by atoms with van der Waals surface area (Å²) in [4.78, 5) is 17.6. The number of carbonyl (C=O) groups is 1. The first-order valence-corrected chi connectivity index (χ1v) is 13.7. The zero-order valence-corrected chi connectivity index (χ0v) is 21.7. The van der Waals surface area contributed by atoms with Crippen molar-refractivity contribution in [3.05, 3.63) is 0 Å². The molecular formula is C26H54KN5O2. The quantitative estimate of drug-likeness (QED) is 0.0474. The van der Waals surface area contributed by atoms with Crippen molar-refractivity contribution in [2.75, 3.05) is 6.54 Å². The first-order valence-electron chi connectivity index (χ1n) is 13.7. The number of hydrogen-bond donors (Lipinski definition) is 4. The van der Waals surface area contributed by atoms with Crippen molar-refractivity contribution in [3.63, 3.8) is 0 Å². The second kappa shape index (κ2) is 27.4. The van der Waals surface area contributed by atoms with E-state index in [-0.39, 0.29) is 69.3 Å². The van der Waals surface area contributed by atoms with Crippen LogP contribution in [0.15, 0.2) is 0 Å². The number of hydrogen-bond acceptors (Lipinski definition) is 4. The predicted molar refractivity (Wildman–Crippen MR) is 146 cm³/mol. The van der Waals surface area contributed by atoms with Gasteiger partial charge in [-0.25, -0.2) is 4.79 Å². The van der Waals surface area contributed by atoms with E-state index in [1.807, 2.05) is 0 Å². The van der Waals surface area contributed by atoms with E-state index in [4.69, 9.17) is 21.4 Å². The van der Waals surface area contributed by atoms with Gasteiger partial charge in [-0.05, 0) is 12.8 Å². The van der Waals surface area contributed by atoms with Crippen LogP contribution in [0.3, 0.4) is 0 Å². The van der Waals surface area contributed by atoms with E-state index in [0.717, 1.165) is 44.9 Å². The van der Waals surface area contributed by atoms with E-state index in [0.29, 0.717) is 13.0 Å². The van der Waals surface area contributed by atoms with E-state index in [1.165, 1.54) is 82.1 Å². The SMILES string of the molecule is CCCCCCCCCCCCCCCCCC(=O)ON(CCCCCC)C(=N)NC(=N)N.[KH]. The van der Waals surface area contributed by atoms with Gasteiger partial charge < -0.3 is 10.6 Å².